The van der Waals surface area contributed by atoms with Crippen LogP contribution in [0.3, 0.4) is 0 Å². The van der Waals surface area contributed by atoms with Crippen LogP contribution in [0.4, 0.5) is 0 Å². The first-order chi connectivity index (χ1) is 4.39. The quantitative estimate of drug-likeness (QED) is 0.239. The average molecular weight is 124 g/mol. The van der Waals surface area contributed by atoms with Gasteiger partial charge in [0.25, 0.3) is 0 Å². The van der Waals surface area contributed by atoms with Gasteiger partial charge in [-0.05, 0) is 0 Å². The Hall–Kier alpha value is -0.753. The minimum absolute atomic E-state index is 0. The van der Waals surface area contributed by atoms with E-state index < -0.39 is 0 Å². The summed E-state index contributed by atoms with van der Waals surface area (Å²) in [6.45, 7) is 3.72. The fourth-order valence-electron chi connectivity index (χ4n) is 0.478. The summed E-state index contributed by atoms with van der Waals surface area (Å²) in [5, 5.41) is 0. The van der Waals surface area contributed by atoms with Crippen LogP contribution in [-0.2, 0) is 0 Å². The molecule has 0 aliphatic carbocycles. The van der Waals surface area contributed by atoms with Crippen molar-refractivity contribution in [1.82, 2.24) is 0 Å². The molecular weight excluding hydrogens is 115 g/mol. The first kappa shape index (κ1) is 12.0. The minimum atomic E-state index is 0. The Morgan fingerprint density at radius 1 is 1.00 bits per heavy atom. The van der Waals surface area contributed by atoms with Gasteiger partial charge in [0.2, 0.25) is 0 Å². The van der Waals surface area contributed by atoms with E-state index in [0.717, 1.165) is 5.56 Å². The van der Waals surface area contributed by atoms with E-state index in [4.69, 9.17) is 0 Å². The van der Waals surface area contributed by atoms with Crippen LogP contribution in [0, 0.1) is 19.8 Å². The third-order valence-corrected chi connectivity index (χ3v) is 0.843. The van der Waals surface area contributed by atoms with Crippen LogP contribution in [0.15, 0.2) is 30.3 Å². The predicted octanol–water partition coefficient (Wildman–Crippen LogP) is -0.878. The summed E-state index contributed by atoms with van der Waals surface area (Å²) in [5.41, 5.74) is 1.07. The summed E-state index contributed by atoms with van der Waals surface area (Å²) in [5.74, 6) is 0. The van der Waals surface area contributed by atoms with Crippen molar-refractivity contribution in [3.63, 3.8) is 0 Å². The predicted molar refractivity (Wildman–Crippen MR) is 40.8 cm³/mol. The van der Waals surface area contributed by atoms with Gasteiger partial charge in [0.05, 0.1) is 0 Å². The molecule has 0 aliphatic heterocycles. The normalized spacial score (nSPS) is 6.20. The second-order valence-corrected chi connectivity index (χ2v) is 1.49. The Morgan fingerprint density at radius 2 is 1.40 bits per heavy atom. The van der Waals surface area contributed by atoms with E-state index in [1.165, 1.54) is 0 Å². The third kappa shape index (κ3) is 5.39. The molecule has 0 unspecified atom stereocenters. The molecule has 0 heterocycles. The van der Waals surface area contributed by atoms with Crippen molar-refractivity contribution in [3.8, 4) is 12.8 Å². The van der Waals surface area contributed by atoms with Crippen molar-refractivity contribution in [1.29, 1.82) is 0 Å². The zero-order valence-corrected chi connectivity index (χ0v) is 6.25. The van der Waals surface area contributed by atoms with Crippen molar-refractivity contribution < 1.29 is 18.9 Å². The number of terminal acetylenes is 1. The van der Waals surface area contributed by atoms with Crippen molar-refractivity contribution >= 4 is 0 Å². The SMILES string of the molecule is C#C.[CH2-]c1ccccc1.[Li+]. The Kier molecular flexibility index (Phi) is 9.88. The van der Waals surface area contributed by atoms with Crippen molar-refractivity contribution in [2.24, 2.45) is 0 Å². The maximum Gasteiger partial charge on any atom is 1.00 e. The molecule has 0 N–H and O–H groups in total. The maximum atomic E-state index is 4.00. The zero-order valence-electron chi connectivity index (χ0n) is 6.25. The molecule has 1 rings (SSSR count). The van der Waals surface area contributed by atoms with Gasteiger partial charge in [-0.2, -0.15) is 24.6 Å². The van der Waals surface area contributed by atoms with Crippen molar-refractivity contribution in [2.75, 3.05) is 0 Å². The molecule has 1 aromatic carbocycles. The second-order valence-electron chi connectivity index (χ2n) is 1.49. The first-order valence-electron chi connectivity index (χ1n) is 2.60. The van der Waals surface area contributed by atoms with Crippen LogP contribution >= 0.6 is 0 Å². The first-order valence-corrected chi connectivity index (χ1v) is 2.60. The van der Waals surface area contributed by atoms with E-state index in [1.54, 1.807) is 0 Å². The van der Waals surface area contributed by atoms with E-state index >= 15 is 0 Å². The molecule has 0 atom stereocenters. The second kappa shape index (κ2) is 8.25. The average Bonchev–Trinajstić information content (AvgIpc) is 1.94. The van der Waals surface area contributed by atoms with Gasteiger partial charge in [0, 0.05) is 0 Å². The molecule has 0 saturated heterocycles. The number of benzene rings is 1. The van der Waals surface area contributed by atoms with Gasteiger partial charge in [-0.3, -0.25) is 0 Å². The molecule has 0 aromatic heterocycles. The maximum absolute atomic E-state index is 4.00. The summed E-state index contributed by atoms with van der Waals surface area (Å²) >= 11 is 0. The van der Waals surface area contributed by atoms with E-state index in [-0.39, 0.29) is 18.9 Å². The van der Waals surface area contributed by atoms with Gasteiger partial charge in [-0.15, -0.1) is 25.0 Å². The van der Waals surface area contributed by atoms with Crippen molar-refractivity contribution in [2.45, 2.75) is 0 Å². The molecule has 0 nitrogen and oxygen atoms in total. The van der Waals surface area contributed by atoms with E-state index in [1.807, 2.05) is 30.3 Å². The van der Waals surface area contributed by atoms with Crippen LogP contribution in [0.2, 0.25) is 0 Å². The molecule has 1 aromatic rings. The molecule has 10 heavy (non-hydrogen) atoms. The smallest absolute Gasteiger partial charge is 0.199 e. The van der Waals surface area contributed by atoms with E-state index in [0.29, 0.717) is 0 Å². The van der Waals surface area contributed by atoms with Crippen LogP contribution in [0.25, 0.3) is 0 Å². The molecule has 46 valence electrons. The van der Waals surface area contributed by atoms with Crippen LogP contribution in [0.1, 0.15) is 5.56 Å². The van der Waals surface area contributed by atoms with Gasteiger partial charge < -0.3 is 0 Å². The molecular formula is C9H9Li. The Labute approximate surface area is 74.8 Å². The van der Waals surface area contributed by atoms with Crippen molar-refractivity contribution in [3.05, 3.63) is 42.8 Å². The van der Waals surface area contributed by atoms with Gasteiger partial charge in [-0.1, -0.05) is 6.07 Å². The molecule has 0 aliphatic rings. The van der Waals surface area contributed by atoms with Crippen LogP contribution < -0.4 is 18.9 Å². The fraction of sp³-hybridized carbons (Fsp3) is 0. The standard InChI is InChI=1S/C7H7.C2H2.Li/c1-7-5-3-2-4-6-7;1-2;/h2-6H,1H2;1-2H;/q-1;;+1. The zero-order chi connectivity index (χ0) is 7.11. The summed E-state index contributed by atoms with van der Waals surface area (Å²) in [4.78, 5) is 0. The van der Waals surface area contributed by atoms with E-state index in [2.05, 4.69) is 19.8 Å². The van der Waals surface area contributed by atoms with E-state index in [9.17, 15) is 0 Å². The Bertz CT molecular complexity index is 165. The molecule has 0 amide bonds. The molecule has 0 saturated carbocycles. The minimum Gasteiger partial charge on any atom is -0.199 e. The molecule has 1 heteroatoms. The van der Waals surface area contributed by atoms with Gasteiger partial charge in [0.15, 0.2) is 0 Å². The van der Waals surface area contributed by atoms with Crippen LogP contribution in [0.5, 0.6) is 0 Å². The van der Waals surface area contributed by atoms with Gasteiger partial charge in [-0.25, -0.2) is 0 Å². The molecule has 0 spiro atoms. The molecule has 0 fully saturated rings. The summed E-state index contributed by atoms with van der Waals surface area (Å²) in [7, 11) is 0. The number of hydrogen-bond acceptors (Lipinski definition) is 0. The Balaban J connectivity index is 0. The summed E-state index contributed by atoms with van der Waals surface area (Å²) in [6, 6.07) is 9.87. The largest absolute Gasteiger partial charge is 1.00 e. The third-order valence-electron chi connectivity index (χ3n) is 0.843. The summed E-state index contributed by atoms with van der Waals surface area (Å²) < 4.78 is 0. The summed E-state index contributed by atoms with van der Waals surface area (Å²) in [6.07, 6.45) is 8.00. The topological polar surface area (TPSA) is 0 Å². The monoisotopic (exact) mass is 124 g/mol. The Morgan fingerprint density at radius 3 is 1.60 bits per heavy atom. The van der Waals surface area contributed by atoms with Crippen LogP contribution in [-0.4, -0.2) is 0 Å². The fourth-order valence-corrected chi connectivity index (χ4v) is 0.478. The molecule has 0 bridgehead atoms. The number of hydrogen-bond donors (Lipinski definition) is 0. The van der Waals surface area contributed by atoms with Gasteiger partial charge in [0.1, 0.15) is 0 Å². The van der Waals surface area contributed by atoms with Gasteiger partial charge >= 0.3 is 18.9 Å². The number of rotatable bonds is 0. The molecule has 0 radical (unpaired) electrons.